The predicted octanol–water partition coefficient (Wildman–Crippen LogP) is 1.12. The summed E-state index contributed by atoms with van der Waals surface area (Å²) in [6, 6.07) is -0.206. The van der Waals surface area contributed by atoms with Gasteiger partial charge in [-0.15, -0.1) is 0 Å². The van der Waals surface area contributed by atoms with Gasteiger partial charge in [0.05, 0.1) is 17.8 Å². The van der Waals surface area contributed by atoms with Crippen LogP contribution in [0.1, 0.15) is 5.56 Å². The Hall–Kier alpha value is -0.435. The molecule has 1 aliphatic heterocycles. The molecule has 21 heavy (non-hydrogen) atoms. The second kappa shape index (κ2) is 7.22. The molecule has 0 aliphatic carbocycles. The third-order valence-electron chi connectivity index (χ3n) is 3.75. The molecule has 2 N–H and O–H groups in total. The van der Waals surface area contributed by atoms with Gasteiger partial charge in [0.25, 0.3) is 0 Å². The van der Waals surface area contributed by atoms with Crippen LogP contribution >= 0.6 is 23.2 Å². The lowest BCUT2D eigenvalue weighted by atomic mass is 9.83. The fourth-order valence-electron chi connectivity index (χ4n) is 2.46. The number of halogens is 3. The van der Waals surface area contributed by atoms with Gasteiger partial charge in [-0.2, -0.15) is 0 Å². The zero-order valence-electron chi connectivity index (χ0n) is 11.6. The van der Waals surface area contributed by atoms with Crippen LogP contribution in [0.5, 0.6) is 0 Å². The van der Waals surface area contributed by atoms with E-state index < -0.39 is 12.9 Å². The van der Waals surface area contributed by atoms with Gasteiger partial charge >= 0.3 is 7.05 Å². The number of aliphatic hydroxyl groups is 1. The molecule has 0 bridgehead atoms. The largest absolute Gasteiger partial charge is 0.437 e. The molecule has 1 aromatic heterocycles. The number of rotatable bonds is 4. The highest BCUT2D eigenvalue weighted by Gasteiger charge is 2.31. The van der Waals surface area contributed by atoms with Crippen LogP contribution in [0.15, 0.2) is 6.20 Å². The average Bonchev–Trinajstić information content (AvgIpc) is 2.47. The van der Waals surface area contributed by atoms with Gasteiger partial charge in [-0.3, -0.25) is 4.90 Å². The second-order valence-corrected chi connectivity index (χ2v) is 5.89. The number of hydrogen-bond acceptors (Lipinski definition) is 5. The van der Waals surface area contributed by atoms with Crippen LogP contribution < -0.4 is 0 Å². The summed E-state index contributed by atoms with van der Waals surface area (Å²) in [5, 5.41) is 19.1. The molecule has 1 saturated heterocycles. The van der Waals surface area contributed by atoms with E-state index in [1.165, 1.54) is 6.20 Å². The first-order chi connectivity index (χ1) is 9.93. The molecule has 1 fully saturated rings. The Kier molecular flexibility index (Phi) is 5.82. The van der Waals surface area contributed by atoms with Gasteiger partial charge < -0.3 is 14.9 Å². The Bertz CT molecular complexity index is 510. The van der Waals surface area contributed by atoms with Crippen LogP contribution in [-0.4, -0.2) is 64.2 Å². The van der Waals surface area contributed by atoms with Gasteiger partial charge in [-0.05, 0) is 6.82 Å². The first-order valence-corrected chi connectivity index (χ1v) is 7.45. The topological polar surface area (TPSA) is 59.8 Å². The molecule has 5 nitrogen and oxygen atoms in total. The van der Waals surface area contributed by atoms with Crippen molar-refractivity contribution >= 4 is 30.3 Å². The summed E-state index contributed by atoms with van der Waals surface area (Å²) in [6.07, 6.45) is 1.18. The maximum Gasteiger partial charge on any atom is 0.376 e. The SMILES string of the molecule is CB(O)N1CCN(Cc2c(Cl)ncc(Cl)c2F)[C@@H](CO)C1. The maximum absolute atomic E-state index is 14.1. The standard InChI is InChI=1S/C12H17BCl2FN3O2/c1-13(21)19-3-2-18(8(5-19)7-20)6-9-11(16)10(14)4-17-12(9)15/h4,8,20-21H,2-3,5-7H2,1H3/t8-/m1/s1. The minimum absolute atomic E-state index is 0.0717. The fourth-order valence-corrected chi connectivity index (χ4v) is 2.81. The normalized spacial score (nSPS) is 20.8. The first kappa shape index (κ1) is 16.9. The van der Waals surface area contributed by atoms with Gasteiger partial charge in [0.2, 0.25) is 0 Å². The van der Waals surface area contributed by atoms with E-state index in [0.29, 0.717) is 19.6 Å². The summed E-state index contributed by atoms with van der Waals surface area (Å²) in [5.74, 6) is -0.577. The van der Waals surface area contributed by atoms with Crippen molar-refractivity contribution in [3.05, 3.63) is 27.8 Å². The molecule has 1 atom stereocenters. The van der Waals surface area contributed by atoms with E-state index in [4.69, 9.17) is 23.2 Å². The summed E-state index contributed by atoms with van der Waals surface area (Å²) in [6.45, 7) is 3.52. The van der Waals surface area contributed by atoms with E-state index in [9.17, 15) is 14.5 Å². The van der Waals surface area contributed by atoms with E-state index in [1.54, 1.807) is 6.82 Å². The second-order valence-electron chi connectivity index (χ2n) is 5.12. The van der Waals surface area contributed by atoms with Crippen molar-refractivity contribution in [2.45, 2.75) is 19.4 Å². The predicted molar refractivity (Wildman–Crippen MR) is 80.9 cm³/mol. The lowest BCUT2D eigenvalue weighted by molar-refractivity contribution is 0.0585. The quantitative estimate of drug-likeness (QED) is 0.637. The molecule has 2 heterocycles. The molecule has 2 rings (SSSR count). The van der Waals surface area contributed by atoms with Crippen LogP contribution in [0, 0.1) is 5.82 Å². The zero-order chi connectivity index (χ0) is 15.6. The van der Waals surface area contributed by atoms with E-state index in [1.807, 2.05) is 9.71 Å². The van der Waals surface area contributed by atoms with Crippen LogP contribution in [0.3, 0.4) is 0 Å². The summed E-state index contributed by atoms with van der Waals surface area (Å²) < 4.78 is 14.1. The van der Waals surface area contributed by atoms with E-state index >= 15 is 0 Å². The molecular weight excluding hydrogens is 319 g/mol. The Morgan fingerprint density at radius 3 is 2.81 bits per heavy atom. The van der Waals surface area contributed by atoms with E-state index in [-0.39, 0.29) is 34.9 Å². The van der Waals surface area contributed by atoms with E-state index in [0.717, 1.165) is 0 Å². The first-order valence-electron chi connectivity index (χ1n) is 6.69. The Morgan fingerprint density at radius 2 is 2.19 bits per heavy atom. The van der Waals surface area contributed by atoms with Crippen molar-refractivity contribution in [3.63, 3.8) is 0 Å². The molecule has 0 spiro atoms. The summed E-state index contributed by atoms with van der Waals surface area (Å²) in [7, 11) is -0.575. The Labute approximate surface area is 133 Å². The minimum Gasteiger partial charge on any atom is -0.437 e. The number of aliphatic hydroxyl groups excluding tert-OH is 1. The van der Waals surface area contributed by atoms with Gasteiger partial charge in [0.15, 0.2) is 5.82 Å². The van der Waals surface area contributed by atoms with Crippen molar-refractivity contribution in [2.75, 3.05) is 26.2 Å². The molecule has 1 aliphatic rings. The molecule has 116 valence electrons. The molecule has 0 saturated carbocycles. The molecular formula is C12H17BCl2FN3O2. The smallest absolute Gasteiger partial charge is 0.376 e. The third-order valence-corrected chi connectivity index (χ3v) is 4.34. The highest BCUT2D eigenvalue weighted by atomic mass is 35.5. The molecule has 1 aromatic rings. The number of nitrogens with zero attached hydrogens (tertiary/aromatic N) is 3. The number of pyridine rings is 1. The molecule has 0 unspecified atom stereocenters. The van der Waals surface area contributed by atoms with Gasteiger partial charge in [-0.1, -0.05) is 23.2 Å². The van der Waals surface area contributed by atoms with Gasteiger partial charge in [0.1, 0.15) is 5.15 Å². The summed E-state index contributed by atoms with van der Waals surface area (Å²) in [4.78, 5) is 7.62. The lowest BCUT2D eigenvalue weighted by Gasteiger charge is -2.41. The number of piperazine rings is 1. The maximum atomic E-state index is 14.1. The molecule has 0 radical (unpaired) electrons. The fraction of sp³-hybridized carbons (Fsp3) is 0.583. The Balaban J connectivity index is 2.14. The molecule has 9 heteroatoms. The summed E-state index contributed by atoms with van der Waals surface area (Å²) >= 11 is 11.7. The summed E-state index contributed by atoms with van der Waals surface area (Å²) in [5.41, 5.74) is 0.230. The van der Waals surface area contributed by atoms with E-state index in [2.05, 4.69) is 4.98 Å². The zero-order valence-corrected chi connectivity index (χ0v) is 13.1. The van der Waals surface area contributed by atoms with Crippen LogP contribution in [0.25, 0.3) is 0 Å². The highest BCUT2D eigenvalue weighted by Crippen LogP contribution is 2.26. The third kappa shape index (κ3) is 3.86. The van der Waals surface area contributed by atoms with Crippen molar-refractivity contribution in [1.82, 2.24) is 14.7 Å². The lowest BCUT2D eigenvalue weighted by Crippen LogP contribution is -2.57. The number of aromatic nitrogens is 1. The highest BCUT2D eigenvalue weighted by molar-refractivity contribution is 6.45. The van der Waals surface area contributed by atoms with Crippen molar-refractivity contribution in [3.8, 4) is 0 Å². The van der Waals surface area contributed by atoms with Crippen molar-refractivity contribution < 1.29 is 14.5 Å². The van der Waals surface area contributed by atoms with Gasteiger partial charge in [-0.25, -0.2) is 9.37 Å². The van der Waals surface area contributed by atoms with Crippen LogP contribution in [0.4, 0.5) is 4.39 Å². The van der Waals surface area contributed by atoms with Crippen LogP contribution in [-0.2, 0) is 6.54 Å². The minimum atomic E-state index is -0.577. The Morgan fingerprint density at radius 1 is 1.48 bits per heavy atom. The average molecular weight is 336 g/mol. The van der Waals surface area contributed by atoms with Crippen molar-refractivity contribution in [2.24, 2.45) is 0 Å². The monoisotopic (exact) mass is 335 g/mol. The molecule has 0 aromatic carbocycles. The number of hydrogen-bond donors (Lipinski definition) is 2. The van der Waals surface area contributed by atoms with Crippen LogP contribution in [0.2, 0.25) is 17.0 Å². The molecule has 0 amide bonds. The van der Waals surface area contributed by atoms with Crippen molar-refractivity contribution in [1.29, 1.82) is 0 Å². The van der Waals surface area contributed by atoms with Gasteiger partial charge in [0, 0.05) is 37.8 Å².